The first-order valence-corrected chi connectivity index (χ1v) is 8.94. The summed E-state index contributed by atoms with van der Waals surface area (Å²) < 4.78 is 6.00. The molecule has 0 bridgehead atoms. The third-order valence-electron chi connectivity index (χ3n) is 3.53. The van der Waals surface area contributed by atoms with Crippen molar-refractivity contribution in [3.05, 3.63) is 60.2 Å². The second kappa shape index (κ2) is 9.62. The van der Waals surface area contributed by atoms with Gasteiger partial charge in [-0.05, 0) is 39.0 Å². The zero-order chi connectivity index (χ0) is 19.7. The first-order valence-electron chi connectivity index (χ1n) is 8.94. The number of carbonyl (C=O) groups is 1. The maximum absolute atomic E-state index is 12.0. The Morgan fingerprint density at radius 3 is 2.33 bits per heavy atom. The van der Waals surface area contributed by atoms with E-state index in [0.717, 1.165) is 17.0 Å². The second-order valence-electron chi connectivity index (χ2n) is 7.02. The number of anilines is 1. The number of amides is 1. The molecule has 1 amide bonds. The van der Waals surface area contributed by atoms with Crippen molar-refractivity contribution in [1.29, 1.82) is 0 Å². The van der Waals surface area contributed by atoms with Crippen molar-refractivity contribution in [2.24, 2.45) is 4.99 Å². The van der Waals surface area contributed by atoms with Crippen LogP contribution in [-0.2, 0) is 11.3 Å². The summed E-state index contributed by atoms with van der Waals surface area (Å²) in [5, 5.41) is 9.05. The molecule has 0 aliphatic heterocycles. The van der Waals surface area contributed by atoms with Crippen molar-refractivity contribution in [2.75, 3.05) is 18.9 Å². The molecule has 0 heterocycles. The summed E-state index contributed by atoms with van der Waals surface area (Å²) in [4.78, 5) is 16.2. The molecule has 0 fully saturated rings. The van der Waals surface area contributed by atoms with E-state index in [1.165, 1.54) is 0 Å². The van der Waals surface area contributed by atoms with Gasteiger partial charge in [0.25, 0.3) is 0 Å². The molecule has 3 N–H and O–H groups in total. The van der Waals surface area contributed by atoms with E-state index in [-0.39, 0.29) is 18.1 Å². The summed E-state index contributed by atoms with van der Waals surface area (Å²) >= 11 is 0. The number of aliphatic imine (C=N–C) groups is 1. The number of rotatable bonds is 6. The zero-order valence-electron chi connectivity index (χ0n) is 16.4. The third kappa shape index (κ3) is 7.40. The van der Waals surface area contributed by atoms with E-state index >= 15 is 0 Å². The smallest absolute Gasteiger partial charge is 0.243 e. The van der Waals surface area contributed by atoms with Crippen LogP contribution in [0, 0.1) is 0 Å². The fourth-order valence-electron chi connectivity index (χ4n) is 2.37. The van der Waals surface area contributed by atoms with E-state index in [9.17, 15) is 4.79 Å². The fourth-order valence-corrected chi connectivity index (χ4v) is 2.37. The van der Waals surface area contributed by atoms with Gasteiger partial charge in [0.15, 0.2) is 5.96 Å². The van der Waals surface area contributed by atoms with Crippen LogP contribution >= 0.6 is 0 Å². The number of para-hydroxylation sites is 2. The maximum Gasteiger partial charge on any atom is 0.243 e. The minimum Gasteiger partial charge on any atom is -0.488 e. The van der Waals surface area contributed by atoms with E-state index in [1.807, 2.05) is 75.4 Å². The molecule has 27 heavy (non-hydrogen) atoms. The van der Waals surface area contributed by atoms with Gasteiger partial charge in [-0.1, -0.05) is 36.4 Å². The lowest BCUT2D eigenvalue weighted by Gasteiger charge is -2.23. The molecule has 0 spiro atoms. The highest BCUT2D eigenvalue weighted by Crippen LogP contribution is 2.22. The van der Waals surface area contributed by atoms with Crippen molar-refractivity contribution >= 4 is 17.6 Å². The summed E-state index contributed by atoms with van der Waals surface area (Å²) in [6.45, 7) is 6.70. The highest BCUT2D eigenvalue weighted by atomic mass is 16.5. The zero-order valence-corrected chi connectivity index (χ0v) is 16.4. The van der Waals surface area contributed by atoms with Crippen molar-refractivity contribution in [1.82, 2.24) is 10.6 Å². The lowest BCUT2D eigenvalue weighted by Crippen LogP contribution is -2.41. The van der Waals surface area contributed by atoms with Crippen LogP contribution in [0.3, 0.4) is 0 Å². The Labute approximate surface area is 161 Å². The summed E-state index contributed by atoms with van der Waals surface area (Å²) in [6, 6.07) is 17.2. The predicted octanol–water partition coefficient (Wildman–Crippen LogP) is 3.17. The number of benzene rings is 2. The topological polar surface area (TPSA) is 74.8 Å². The van der Waals surface area contributed by atoms with Gasteiger partial charge >= 0.3 is 0 Å². The summed E-state index contributed by atoms with van der Waals surface area (Å²) in [7, 11) is 1.67. The Kier molecular flexibility index (Phi) is 7.23. The molecule has 0 aliphatic rings. The molecule has 2 aromatic rings. The molecule has 0 saturated heterocycles. The number of nitrogens with one attached hydrogen (secondary N) is 3. The highest BCUT2D eigenvalue weighted by Gasteiger charge is 2.14. The van der Waals surface area contributed by atoms with Gasteiger partial charge in [0.2, 0.25) is 5.91 Å². The van der Waals surface area contributed by atoms with E-state index in [2.05, 4.69) is 20.9 Å². The fraction of sp³-hybridized carbons (Fsp3) is 0.333. The van der Waals surface area contributed by atoms with Crippen molar-refractivity contribution in [3.63, 3.8) is 0 Å². The Balaban J connectivity index is 1.86. The van der Waals surface area contributed by atoms with Crippen LogP contribution in [0.1, 0.15) is 26.3 Å². The Morgan fingerprint density at radius 1 is 1.00 bits per heavy atom. The van der Waals surface area contributed by atoms with Crippen molar-refractivity contribution in [2.45, 2.75) is 32.9 Å². The number of guanidine groups is 1. The van der Waals surface area contributed by atoms with Crippen LogP contribution in [0.4, 0.5) is 5.69 Å². The lowest BCUT2D eigenvalue weighted by molar-refractivity contribution is -0.115. The summed E-state index contributed by atoms with van der Waals surface area (Å²) in [5.74, 6) is 1.24. The van der Waals surface area contributed by atoms with Crippen LogP contribution in [0.5, 0.6) is 5.75 Å². The molecule has 6 heteroatoms. The van der Waals surface area contributed by atoms with Crippen LogP contribution in [0.2, 0.25) is 0 Å². The number of nitrogens with zero attached hydrogens (tertiary/aromatic N) is 1. The SMILES string of the molecule is CN=C(NCC(=O)Nc1ccccc1)NCc1ccccc1OC(C)(C)C. The molecule has 0 radical (unpaired) electrons. The van der Waals surface area contributed by atoms with Gasteiger partial charge in [-0.15, -0.1) is 0 Å². The normalized spacial score (nSPS) is 11.6. The highest BCUT2D eigenvalue weighted by molar-refractivity contribution is 5.94. The van der Waals surface area contributed by atoms with Crippen LogP contribution in [0.25, 0.3) is 0 Å². The van der Waals surface area contributed by atoms with Gasteiger partial charge < -0.3 is 20.7 Å². The molecule has 0 atom stereocenters. The standard InChI is InChI=1S/C21H28N4O2/c1-21(2,3)27-18-13-9-8-10-16(18)14-23-20(22-4)24-15-19(26)25-17-11-6-5-7-12-17/h5-13H,14-15H2,1-4H3,(H,25,26)(H2,22,23,24). The van der Waals surface area contributed by atoms with E-state index < -0.39 is 0 Å². The van der Waals surface area contributed by atoms with Gasteiger partial charge in [0.1, 0.15) is 11.4 Å². The van der Waals surface area contributed by atoms with E-state index in [4.69, 9.17) is 4.74 Å². The average Bonchev–Trinajstić information content (AvgIpc) is 2.62. The molecule has 2 aromatic carbocycles. The molecule has 0 aliphatic carbocycles. The van der Waals surface area contributed by atoms with Gasteiger partial charge in [-0.2, -0.15) is 0 Å². The molecule has 2 rings (SSSR count). The third-order valence-corrected chi connectivity index (χ3v) is 3.53. The first-order chi connectivity index (χ1) is 12.9. The average molecular weight is 368 g/mol. The minimum atomic E-state index is -0.272. The van der Waals surface area contributed by atoms with Crippen molar-refractivity contribution in [3.8, 4) is 5.75 Å². The second-order valence-corrected chi connectivity index (χ2v) is 7.02. The van der Waals surface area contributed by atoms with E-state index in [0.29, 0.717) is 12.5 Å². The van der Waals surface area contributed by atoms with Crippen LogP contribution < -0.4 is 20.7 Å². The van der Waals surface area contributed by atoms with Gasteiger partial charge in [0.05, 0.1) is 6.54 Å². The number of ether oxygens (including phenoxy) is 1. The molecule has 144 valence electrons. The maximum atomic E-state index is 12.0. The van der Waals surface area contributed by atoms with Crippen LogP contribution in [-0.4, -0.2) is 31.1 Å². The number of hydrogen-bond donors (Lipinski definition) is 3. The van der Waals surface area contributed by atoms with Crippen LogP contribution in [0.15, 0.2) is 59.6 Å². The number of hydrogen-bond acceptors (Lipinski definition) is 3. The van der Waals surface area contributed by atoms with Gasteiger partial charge in [-0.3, -0.25) is 9.79 Å². The largest absolute Gasteiger partial charge is 0.488 e. The first kappa shape index (κ1) is 20.3. The monoisotopic (exact) mass is 368 g/mol. The number of carbonyl (C=O) groups excluding carboxylic acids is 1. The molecule has 0 aromatic heterocycles. The lowest BCUT2D eigenvalue weighted by atomic mass is 10.1. The quantitative estimate of drug-likeness (QED) is 0.541. The van der Waals surface area contributed by atoms with E-state index in [1.54, 1.807) is 7.05 Å². The predicted molar refractivity (Wildman–Crippen MR) is 110 cm³/mol. The minimum absolute atomic E-state index is 0.120. The Bertz CT molecular complexity index is 767. The molecule has 0 saturated carbocycles. The molecular formula is C21H28N4O2. The Morgan fingerprint density at radius 2 is 1.67 bits per heavy atom. The molecule has 6 nitrogen and oxygen atoms in total. The summed E-state index contributed by atoms with van der Waals surface area (Å²) in [5.41, 5.74) is 1.51. The van der Waals surface area contributed by atoms with Gasteiger partial charge in [0, 0.05) is 24.8 Å². The molecule has 0 unspecified atom stereocenters. The molecular weight excluding hydrogens is 340 g/mol. The van der Waals surface area contributed by atoms with Crippen molar-refractivity contribution < 1.29 is 9.53 Å². The van der Waals surface area contributed by atoms with Gasteiger partial charge in [-0.25, -0.2) is 0 Å². The summed E-state index contributed by atoms with van der Waals surface area (Å²) in [6.07, 6.45) is 0. The Hall–Kier alpha value is -3.02.